The molecular weight excluding hydrogens is 234 g/mol. The lowest BCUT2D eigenvalue weighted by Crippen LogP contribution is -2.30. The first-order chi connectivity index (χ1) is 7.58. The highest BCUT2D eigenvalue weighted by Gasteiger charge is 2.33. The van der Waals surface area contributed by atoms with E-state index >= 15 is 0 Å². The Balaban J connectivity index is 2.11. The molecule has 1 amide bonds. The van der Waals surface area contributed by atoms with Gasteiger partial charge >= 0.3 is 0 Å². The number of hydrogen-bond acceptors (Lipinski definition) is 5. The summed E-state index contributed by atoms with van der Waals surface area (Å²) in [6.07, 6.45) is -1.80. The van der Waals surface area contributed by atoms with E-state index in [4.69, 9.17) is 11.6 Å². The van der Waals surface area contributed by atoms with Crippen LogP contribution in [0.2, 0.25) is 5.15 Å². The number of hydrogen-bond donors (Lipinski definition) is 2. The van der Waals surface area contributed by atoms with Crippen molar-refractivity contribution < 1.29 is 15.0 Å². The van der Waals surface area contributed by atoms with Crippen LogP contribution in [0, 0.1) is 0 Å². The van der Waals surface area contributed by atoms with Gasteiger partial charge in [-0.3, -0.25) is 4.79 Å². The Kier molecular flexibility index (Phi) is 3.04. The van der Waals surface area contributed by atoms with Crippen molar-refractivity contribution in [3.8, 4) is 0 Å². The van der Waals surface area contributed by atoms with Crippen LogP contribution in [0.1, 0.15) is 10.5 Å². The number of aliphatic hydroxyl groups excluding tert-OH is 2. The molecule has 2 heterocycles. The predicted octanol–water partition coefficient (Wildman–Crippen LogP) is -0.692. The highest BCUT2D eigenvalue weighted by Crippen LogP contribution is 2.13. The number of aliphatic hydroxyl groups is 2. The Bertz CT molecular complexity index is 387. The molecule has 0 spiro atoms. The molecule has 0 saturated carbocycles. The summed E-state index contributed by atoms with van der Waals surface area (Å²) in [7, 11) is 0. The zero-order valence-electron chi connectivity index (χ0n) is 8.25. The molecular formula is C9H10ClN3O3. The van der Waals surface area contributed by atoms with Crippen LogP contribution in [0.3, 0.4) is 0 Å². The first-order valence-corrected chi connectivity index (χ1v) is 5.10. The van der Waals surface area contributed by atoms with Crippen molar-refractivity contribution in [3.63, 3.8) is 0 Å². The molecule has 0 aromatic carbocycles. The van der Waals surface area contributed by atoms with E-state index in [1.165, 1.54) is 17.0 Å². The number of likely N-dealkylation sites (tertiary alicyclic amines) is 1. The normalized spacial score (nSPS) is 24.8. The number of β-amino-alcohol motifs (C(OH)–C–C–N with tert-alkyl or cyclic N) is 2. The summed E-state index contributed by atoms with van der Waals surface area (Å²) in [5.74, 6) is -0.375. The van der Waals surface area contributed by atoms with Crippen molar-refractivity contribution >= 4 is 17.5 Å². The molecule has 0 bridgehead atoms. The fourth-order valence-electron chi connectivity index (χ4n) is 1.53. The maximum Gasteiger partial charge on any atom is 0.274 e. The molecule has 6 nitrogen and oxygen atoms in total. The standard InChI is InChI=1S/C9H10ClN3O3/c10-8-2-1-5(11-12-8)9(16)13-3-6(14)7(15)4-13/h1-2,6-7,14-15H,3-4H2. The van der Waals surface area contributed by atoms with Gasteiger partial charge in [-0.05, 0) is 12.1 Å². The van der Waals surface area contributed by atoms with Gasteiger partial charge in [0, 0.05) is 13.1 Å². The predicted molar refractivity (Wildman–Crippen MR) is 55.0 cm³/mol. The van der Waals surface area contributed by atoms with Crippen molar-refractivity contribution in [2.24, 2.45) is 0 Å². The second kappa shape index (κ2) is 4.32. The highest BCUT2D eigenvalue weighted by atomic mass is 35.5. The van der Waals surface area contributed by atoms with Crippen molar-refractivity contribution in [3.05, 3.63) is 23.0 Å². The molecule has 1 fully saturated rings. The van der Waals surface area contributed by atoms with Gasteiger partial charge in [-0.2, -0.15) is 0 Å². The molecule has 1 aromatic rings. The van der Waals surface area contributed by atoms with E-state index in [-0.39, 0.29) is 29.8 Å². The average Bonchev–Trinajstić information content (AvgIpc) is 2.59. The molecule has 2 unspecified atom stereocenters. The van der Waals surface area contributed by atoms with E-state index in [1.807, 2.05) is 0 Å². The Morgan fingerprint density at radius 1 is 1.31 bits per heavy atom. The molecule has 1 aliphatic heterocycles. The fraction of sp³-hybridized carbons (Fsp3) is 0.444. The molecule has 2 rings (SSSR count). The van der Waals surface area contributed by atoms with Crippen LogP contribution in [0.25, 0.3) is 0 Å². The summed E-state index contributed by atoms with van der Waals surface area (Å²) >= 11 is 5.54. The van der Waals surface area contributed by atoms with Crippen LogP contribution in [-0.4, -0.2) is 56.5 Å². The van der Waals surface area contributed by atoms with Crippen LogP contribution in [-0.2, 0) is 0 Å². The third-order valence-corrected chi connectivity index (χ3v) is 2.60. The molecule has 16 heavy (non-hydrogen) atoms. The van der Waals surface area contributed by atoms with E-state index in [1.54, 1.807) is 0 Å². The van der Waals surface area contributed by atoms with Gasteiger partial charge in [0.2, 0.25) is 0 Å². The van der Waals surface area contributed by atoms with Gasteiger partial charge in [0.1, 0.15) is 0 Å². The Morgan fingerprint density at radius 2 is 1.94 bits per heavy atom. The van der Waals surface area contributed by atoms with Crippen molar-refractivity contribution in [1.29, 1.82) is 0 Å². The van der Waals surface area contributed by atoms with Gasteiger partial charge in [-0.15, -0.1) is 10.2 Å². The fourth-order valence-corrected chi connectivity index (χ4v) is 1.63. The molecule has 0 aliphatic carbocycles. The van der Waals surface area contributed by atoms with Crippen LogP contribution >= 0.6 is 11.6 Å². The lowest BCUT2D eigenvalue weighted by atomic mass is 10.3. The van der Waals surface area contributed by atoms with Crippen LogP contribution in [0.4, 0.5) is 0 Å². The second-order valence-corrected chi connectivity index (χ2v) is 3.97. The van der Waals surface area contributed by atoms with Gasteiger partial charge in [0.15, 0.2) is 10.8 Å². The lowest BCUT2D eigenvalue weighted by molar-refractivity contribution is 0.0572. The third kappa shape index (κ3) is 2.13. The maximum atomic E-state index is 11.8. The summed E-state index contributed by atoms with van der Waals surface area (Å²) in [5.41, 5.74) is 0.144. The monoisotopic (exact) mass is 243 g/mol. The largest absolute Gasteiger partial charge is 0.388 e. The van der Waals surface area contributed by atoms with E-state index < -0.39 is 12.2 Å². The number of carbonyl (C=O) groups is 1. The molecule has 1 saturated heterocycles. The number of nitrogens with zero attached hydrogens (tertiary/aromatic N) is 3. The van der Waals surface area contributed by atoms with Crippen LogP contribution < -0.4 is 0 Å². The lowest BCUT2D eigenvalue weighted by Gasteiger charge is -2.13. The minimum atomic E-state index is -0.899. The Hall–Kier alpha value is -1.24. The Labute approximate surface area is 96.5 Å². The highest BCUT2D eigenvalue weighted by molar-refractivity contribution is 6.29. The minimum Gasteiger partial charge on any atom is -0.388 e. The van der Waals surface area contributed by atoms with E-state index in [2.05, 4.69) is 10.2 Å². The summed E-state index contributed by atoms with van der Waals surface area (Å²) in [6.45, 7) is 0.203. The third-order valence-electron chi connectivity index (χ3n) is 2.40. The maximum absolute atomic E-state index is 11.8. The quantitative estimate of drug-likeness (QED) is 0.682. The van der Waals surface area contributed by atoms with Crippen molar-refractivity contribution in [2.45, 2.75) is 12.2 Å². The van der Waals surface area contributed by atoms with Gasteiger partial charge in [0.25, 0.3) is 5.91 Å². The molecule has 2 atom stereocenters. The summed E-state index contributed by atoms with van der Waals surface area (Å²) in [5, 5.41) is 26.0. The molecule has 1 aliphatic rings. The molecule has 7 heteroatoms. The topological polar surface area (TPSA) is 86.6 Å². The summed E-state index contributed by atoms with van der Waals surface area (Å²) in [6, 6.07) is 2.92. The van der Waals surface area contributed by atoms with Gasteiger partial charge in [0.05, 0.1) is 12.2 Å². The number of aromatic nitrogens is 2. The number of amides is 1. The van der Waals surface area contributed by atoms with Crippen molar-refractivity contribution in [1.82, 2.24) is 15.1 Å². The minimum absolute atomic E-state index is 0.101. The second-order valence-electron chi connectivity index (χ2n) is 3.59. The van der Waals surface area contributed by atoms with E-state index in [9.17, 15) is 15.0 Å². The number of halogens is 1. The average molecular weight is 244 g/mol. The van der Waals surface area contributed by atoms with Gasteiger partial charge < -0.3 is 15.1 Å². The SMILES string of the molecule is O=C(c1ccc(Cl)nn1)N1CC(O)C(O)C1. The first-order valence-electron chi connectivity index (χ1n) is 4.72. The first kappa shape index (κ1) is 11.3. The summed E-state index contributed by atoms with van der Waals surface area (Å²) < 4.78 is 0. The zero-order chi connectivity index (χ0) is 11.7. The van der Waals surface area contributed by atoms with Crippen molar-refractivity contribution in [2.75, 3.05) is 13.1 Å². The molecule has 2 N–H and O–H groups in total. The van der Waals surface area contributed by atoms with E-state index in [0.29, 0.717) is 0 Å². The number of rotatable bonds is 1. The molecule has 1 aromatic heterocycles. The zero-order valence-corrected chi connectivity index (χ0v) is 9.00. The smallest absolute Gasteiger partial charge is 0.274 e. The van der Waals surface area contributed by atoms with Gasteiger partial charge in [-0.1, -0.05) is 11.6 Å². The van der Waals surface area contributed by atoms with Gasteiger partial charge in [-0.25, -0.2) is 0 Å². The van der Waals surface area contributed by atoms with E-state index in [0.717, 1.165) is 0 Å². The summed E-state index contributed by atoms with van der Waals surface area (Å²) in [4.78, 5) is 13.1. The van der Waals surface area contributed by atoms with Crippen LogP contribution in [0.5, 0.6) is 0 Å². The molecule has 0 radical (unpaired) electrons. The number of carbonyl (C=O) groups excluding carboxylic acids is 1. The molecule has 86 valence electrons. The van der Waals surface area contributed by atoms with Crippen LogP contribution in [0.15, 0.2) is 12.1 Å². The Morgan fingerprint density at radius 3 is 2.44 bits per heavy atom.